The molecule has 53 heavy (non-hydrogen) atoms. The molecule has 0 atom stereocenters. The van der Waals surface area contributed by atoms with Crippen molar-refractivity contribution in [2.45, 2.75) is 46.0 Å². The van der Waals surface area contributed by atoms with Gasteiger partial charge in [-0.1, -0.05) is 152 Å². The molecule has 1 aromatic heterocycles. The average molecular weight is 691 g/mol. The van der Waals surface area contributed by atoms with Gasteiger partial charge in [-0.05, 0) is 103 Å². The second-order valence-electron chi connectivity index (χ2n) is 14.3. The van der Waals surface area contributed by atoms with Gasteiger partial charge in [-0.15, -0.1) is 0 Å². The van der Waals surface area contributed by atoms with E-state index in [1.165, 1.54) is 57.4 Å². The van der Waals surface area contributed by atoms with Gasteiger partial charge in [0.2, 0.25) is 0 Å². The number of hydrogen-bond acceptors (Lipinski definition) is 3. The zero-order chi connectivity index (χ0) is 37.0. The van der Waals surface area contributed by atoms with Gasteiger partial charge in [-0.3, -0.25) is 0 Å². The van der Waals surface area contributed by atoms with Crippen molar-refractivity contribution >= 4 is 52.2 Å². The molecule has 0 spiro atoms. The van der Waals surface area contributed by atoms with E-state index in [0.29, 0.717) is 0 Å². The standard InChI is InChI=1S/C35H25NO.C7H10.C7H8.CH3N/c1-35(2)29-12-5-3-8-25(29)28-20-32-23(19-30(28)35)15-14-22-18-21(16-17-31(22)36-32)24-10-7-11-27-26-9-4-6-13-33(26)37-34(24)27;2*1-7-5-3-2-4-6-7;1-2/h3-20,36H,1-2H3;3,5-6H,2,4H2,1H3;2-6H,1H3;2H,1H2. The summed E-state index contributed by atoms with van der Waals surface area (Å²) in [6.07, 6.45) is 13.6. The molecule has 3 nitrogen and oxygen atoms in total. The van der Waals surface area contributed by atoms with Crippen LogP contribution in [0.15, 0.2) is 156 Å². The number of benzene rings is 6. The molecule has 0 amide bonds. The van der Waals surface area contributed by atoms with Crippen molar-refractivity contribution in [3.63, 3.8) is 0 Å². The molecule has 2 heterocycles. The van der Waals surface area contributed by atoms with Crippen LogP contribution >= 0.6 is 0 Å². The van der Waals surface area contributed by atoms with E-state index in [0.717, 1.165) is 44.4 Å². The lowest BCUT2D eigenvalue weighted by Crippen LogP contribution is -2.15. The Hall–Kier alpha value is -6.19. The molecule has 2 aliphatic carbocycles. The highest BCUT2D eigenvalue weighted by atomic mass is 16.3. The molecule has 6 aromatic carbocycles. The second kappa shape index (κ2) is 15.2. The van der Waals surface area contributed by atoms with Crippen LogP contribution in [0.4, 0.5) is 11.4 Å². The lowest BCUT2D eigenvalue weighted by atomic mass is 9.82. The SMILES string of the molecule is C=N.CC1(C)c2ccccc2-c2cc3c(cc21)C=Cc1cc(-c2cccc4c2oc2ccccc24)ccc1N3.CC1=CCCC=C1.Cc1ccccc1. The van der Waals surface area contributed by atoms with Gasteiger partial charge in [0.05, 0.1) is 0 Å². The molecule has 0 saturated carbocycles. The largest absolute Gasteiger partial charge is 0.455 e. The highest BCUT2D eigenvalue weighted by Crippen LogP contribution is 2.51. The number of fused-ring (bicyclic) bond motifs is 8. The van der Waals surface area contributed by atoms with Crippen molar-refractivity contribution in [2.75, 3.05) is 5.32 Å². The number of hydrogen-bond donors (Lipinski definition) is 2. The van der Waals surface area contributed by atoms with Crippen molar-refractivity contribution in [3.8, 4) is 22.3 Å². The van der Waals surface area contributed by atoms with Crippen molar-refractivity contribution in [3.05, 3.63) is 179 Å². The zero-order valence-electron chi connectivity index (χ0n) is 31.0. The molecule has 0 bridgehead atoms. The summed E-state index contributed by atoms with van der Waals surface area (Å²) < 4.78 is 6.32. The van der Waals surface area contributed by atoms with Crippen LogP contribution in [0.5, 0.6) is 0 Å². The van der Waals surface area contributed by atoms with E-state index >= 15 is 0 Å². The molecule has 2 N–H and O–H groups in total. The maximum Gasteiger partial charge on any atom is 0.143 e. The molecule has 3 aliphatic rings. The van der Waals surface area contributed by atoms with Crippen molar-refractivity contribution in [1.82, 2.24) is 0 Å². The maximum absolute atomic E-state index is 6.32. The molecule has 3 heteroatoms. The summed E-state index contributed by atoms with van der Waals surface area (Å²) in [7, 11) is 0. The summed E-state index contributed by atoms with van der Waals surface area (Å²) in [4.78, 5) is 0. The fourth-order valence-corrected chi connectivity index (χ4v) is 7.57. The third kappa shape index (κ3) is 7.03. The zero-order valence-corrected chi connectivity index (χ0v) is 31.0. The van der Waals surface area contributed by atoms with Crippen LogP contribution < -0.4 is 5.32 Å². The van der Waals surface area contributed by atoms with Gasteiger partial charge >= 0.3 is 0 Å². The predicted octanol–water partition coefficient (Wildman–Crippen LogP) is 14.3. The van der Waals surface area contributed by atoms with Gasteiger partial charge in [0, 0.05) is 33.1 Å². The van der Waals surface area contributed by atoms with Gasteiger partial charge in [0.1, 0.15) is 11.2 Å². The summed E-state index contributed by atoms with van der Waals surface area (Å²) in [5, 5.41) is 11.6. The minimum Gasteiger partial charge on any atom is -0.455 e. The summed E-state index contributed by atoms with van der Waals surface area (Å²) in [6, 6.07) is 45.1. The number of aryl methyl sites for hydroxylation is 1. The first-order valence-electron chi connectivity index (χ1n) is 18.4. The number of allylic oxidation sites excluding steroid dienone is 4. The van der Waals surface area contributed by atoms with E-state index in [1.807, 2.05) is 30.3 Å². The Labute approximate surface area is 313 Å². The summed E-state index contributed by atoms with van der Waals surface area (Å²) >= 11 is 0. The Balaban J connectivity index is 0.000000227. The third-order valence-corrected chi connectivity index (χ3v) is 10.4. The maximum atomic E-state index is 6.32. The Morgan fingerprint density at radius 1 is 0.604 bits per heavy atom. The van der Waals surface area contributed by atoms with Crippen LogP contribution in [0.2, 0.25) is 0 Å². The third-order valence-electron chi connectivity index (χ3n) is 10.4. The van der Waals surface area contributed by atoms with Gasteiger partial charge < -0.3 is 15.1 Å². The molecule has 262 valence electrons. The normalized spacial score (nSPS) is 13.9. The Morgan fingerprint density at radius 2 is 1.30 bits per heavy atom. The second-order valence-corrected chi connectivity index (χ2v) is 14.3. The quantitative estimate of drug-likeness (QED) is 0.168. The number of nitrogens with one attached hydrogen (secondary N) is 2. The van der Waals surface area contributed by atoms with Gasteiger partial charge in [-0.25, -0.2) is 0 Å². The Bertz CT molecular complexity index is 2510. The number of anilines is 2. The van der Waals surface area contributed by atoms with Crippen molar-refractivity contribution in [1.29, 1.82) is 5.41 Å². The lowest BCUT2D eigenvalue weighted by molar-refractivity contribution is 0.660. The van der Waals surface area contributed by atoms with Gasteiger partial charge in [0.25, 0.3) is 0 Å². The van der Waals surface area contributed by atoms with Crippen LogP contribution in [-0.2, 0) is 5.41 Å². The highest BCUT2D eigenvalue weighted by Gasteiger charge is 2.36. The minimum atomic E-state index is -0.00755. The summed E-state index contributed by atoms with van der Waals surface area (Å²) in [5.74, 6) is 0. The summed E-state index contributed by atoms with van der Waals surface area (Å²) in [6.45, 7) is 11.4. The monoisotopic (exact) mass is 690 g/mol. The molecule has 10 rings (SSSR count). The highest BCUT2D eigenvalue weighted by molar-refractivity contribution is 6.09. The van der Waals surface area contributed by atoms with Crippen molar-refractivity contribution in [2.24, 2.45) is 0 Å². The van der Waals surface area contributed by atoms with E-state index in [2.05, 4.69) is 167 Å². The molecular weight excluding hydrogens is 645 g/mol. The molecule has 7 aromatic rings. The molecular formula is C50H46N2O. The average Bonchev–Trinajstić information content (AvgIpc) is 3.60. The van der Waals surface area contributed by atoms with Crippen LogP contribution in [0, 0.1) is 12.3 Å². The van der Waals surface area contributed by atoms with Crippen molar-refractivity contribution < 1.29 is 4.42 Å². The summed E-state index contributed by atoms with van der Waals surface area (Å²) in [5.41, 5.74) is 17.0. The minimum absolute atomic E-state index is 0.00755. The first-order valence-corrected chi connectivity index (χ1v) is 18.4. The van der Waals surface area contributed by atoms with Crippen LogP contribution in [-0.4, -0.2) is 6.72 Å². The number of rotatable bonds is 1. The lowest BCUT2D eigenvalue weighted by Gasteiger charge is -2.22. The fourth-order valence-electron chi connectivity index (χ4n) is 7.57. The van der Waals surface area contributed by atoms with E-state index in [-0.39, 0.29) is 5.41 Å². The molecule has 0 fully saturated rings. The molecule has 0 saturated heterocycles. The molecule has 1 aliphatic heterocycles. The smallest absolute Gasteiger partial charge is 0.143 e. The fraction of sp³-hybridized carbons (Fsp3) is 0.140. The van der Waals surface area contributed by atoms with Crippen LogP contribution in [0.1, 0.15) is 61.4 Å². The number of furan rings is 1. The van der Waals surface area contributed by atoms with E-state index in [9.17, 15) is 0 Å². The van der Waals surface area contributed by atoms with E-state index < -0.39 is 0 Å². The first-order chi connectivity index (χ1) is 25.9. The van der Waals surface area contributed by atoms with Gasteiger partial charge in [-0.2, -0.15) is 0 Å². The first kappa shape index (κ1) is 35.2. The van der Waals surface area contributed by atoms with Crippen LogP contribution in [0.25, 0.3) is 56.3 Å². The van der Waals surface area contributed by atoms with E-state index in [1.54, 1.807) is 0 Å². The van der Waals surface area contributed by atoms with Gasteiger partial charge in [0.15, 0.2) is 0 Å². The van der Waals surface area contributed by atoms with Crippen LogP contribution in [0.3, 0.4) is 0 Å². The Kier molecular flexibility index (Phi) is 10.1. The topological polar surface area (TPSA) is 49.0 Å². The predicted molar refractivity (Wildman–Crippen MR) is 229 cm³/mol. The molecule has 0 radical (unpaired) electrons. The molecule has 0 unspecified atom stereocenters. The Morgan fingerprint density at radius 3 is 2.02 bits per heavy atom. The van der Waals surface area contributed by atoms with E-state index in [4.69, 9.17) is 9.83 Å². The number of para-hydroxylation sites is 2.